The van der Waals surface area contributed by atoms with Crippen molar-refractivity contribution >= 4 is 12.0 Å². The van der Waals surface area contributed by atoms with Gasteiger partial charge in [-0.25, -0.2) is 14.8 Å². The molecule has 1 aromatic rings. The Bertz CT molecular complexity index is 543. The van der Waals surface area contributed by atoms with E-state index in [2.05, 4.69) is 4.98 Å². The molecule has 0 aliphatic carbocycles. The Hall–Kier alpha value is -2.35. The summed E-state index contributed by atoms with van der Waals surface area (Å²) in [4.78, 5) is 33.2. The van der Waals surface area contributed by atoms with Gasteiger partial charge in [0, 0.05) is 39.0 Å². The fraction of sp³-hybridized carbons (Fsp3) is 0.500. The fourth-order valence-electron chi connectivity index (χ4n) is 2.18. The minimum Gasteiger partial charge on any atom is -0.474 e. The van der Waals surface area contributed by atoms with Gasteiger partial charge < -0.3 is 14.7 Å². The lowest BCUT2D eigenvalue weighted by atomic mass is 10.1. The zero-order valence-electron chi connectivity index (χ0n) is 12.6. The van der Waals surface area contributed by atoms with E-state index in [0.717, 1.165) is 5.06 Å². The predicted molar refractivity (Wildman–Crippen MR) is 76.6 cm³/mol. The third kappa shape index (κ3) is 3.85. The van der Waals surface area contributed by atoms with Crippen molar-refractivity contribution in [3.63, 3.8) is 0 Å². The van der Waals surface area contributed by atoms with E-state index in [1.807, 2.05) is 0 Å². The summed E-state index contributed by atoms with van der Waals surface area (Å²) in [6.07, 6.45) is 0.189. The second-order valence-corrected chi connectivity index (χ2v) is 4.93. The molecule has 2 heterocycles. The standard InChI is InChI=1S/C14H19N3O5/c1-16(21-2)13(18)11-4-3-5-12(15-11)22-10-6-8-17(9-7-10)14(19)20/h3-5,10H,6-9H2,1-2H3,(H,19,20). The minimum atomic E-state index is -0.910. The van der Waals surface area contributed by atoms with Crippen LogP contribution in [0.1, 0.15) is 23.3 Å². The third-order valence-electron chi connectivity index (χ3n) is 3.50. The molecule has 1 fully saturated rings. The fourth-order valence-corrected chi connectivity index (χ4v) is 2.18. The summed E-state index contributed by atoms with van der Waals surface area (Å²) in [6, 6.07) is 4.94. The van der Waals surface area contributed by atoms with Crippen molar-refractivity contribution in [3.8, 4) is 5.88 Å². The second-order valence-electron chi connectivity index (χ2n) is 4.93. The summed E-state index contributed by atoms with van der Waals surface area (Å²) in [5, 5.41) is 9.99. The first kappa shape index (κ1) is 16.0. The molecule has 2 rings (SSSR count). The maximum atomic E-state index is 11.9. The number of hydrogen-bond acceptors (Lipinski definition) is 5. The molecule has 8 heteroatoms. The predicted octanol–water partition coefficient (Wildman–Crippen LogP) is 1.24. The van der Waals surface area contributed by atoms with E-state index in [9.17, 15) is 9.59 Å². The molecule has 0 atom stereocenters. The molecule has 0 saturated carbocycles. The summed E-state index contributed by atoms with van der Waals surface area (Å²) in [5.74, 6) is -0.0159. The highest BCUT2D eigenvalue weighted by Crippen LogP contribution is 2.18. The van der Waals surface area contributed by atoms with Crippen LogP contribution in [-0.4, -0.2) is 65.4 Å². The van der Waals surface area contributed by atoms with Crippen LogP contribution < -0.4 is 4.74 Å². The quantitative estimate of drug-likeness (QED) is 0.841. The van der Waals surface area contributed by atoms with Gasteiger partial charge in [0.05, 0.1) is 7.11 Å². The topological polar surface area (TPSA) is 92.2 Å². The zero-order chi connectivity index (χ0) is 16.1. The highest BCUT2D eigenvalue weighted by molar-refractivity contribution is 5.91. The van der Waals surface area contributed by atoms with Crippen LogP contribution in [0.2, 0.25) is 0 Å². The number of rotatable bonds is 4. The SMILES string of the molecule is CON(C)C(=O)c1cccc(OC2CCN(C(=O)O)CC2)n1. The van der Waals surface area contributed by atoms with E-state index in [1.54, 1.807) is 18.2 Å². The number of pyridine rings is 1. The van der Waals surface area contributed by atoms with Crippen LogP contribution >= 0.6 is 0 Å². The molecule has 2 amide bonds. The Kier molecular flexibility index (Phi) is 5.16. The molecule has 0 spiro atoms. The van der Waals surface area contributed by atoms with Gasteiger partial charge in [-0.1, -0.05) is 6.07 Å². The van der Waals surface area contributed by atoms with Gasteiger partial charge in [-0.3, -0.25) is 9.63 Å². The Labute approximate surface area is 128 Å². The molecule has 120 valence electrons. The number of carbonyl (C=O) groups is 2. The van der Waals surface area contributed by atoms with Crippen LogP contribution in [0.3, 0.4) is 0 Å². The Morgan fingerprint density at radius 1 is 1.36 bits per heavy atom. The average Bonchev–Trinajstić information content (AvgIpc) is 2.54. The number of piperidine rings is 1. The average molecular weight is 309 g/mol. The van der Waals surface area contributed by atoms with Gasteiger partial charge in [0.15, 0.2) is 0 Å². The number of hydrogen-bond donors (Lipinski definition) is 1. The molecule has 1 saturated heterocycles. The molecule has 22 heavy (non-hydrogen) atoms. The molecular formula is C14H19N3O5. The normalized spacial score (nSPS) is 15.5. The van der Waals surface area contributed by atoms with Crippen LogP contribution in [-0.2, 0) is 4.84 Å². The van der Waals surface area contributed by atoms with Gasteiger partial charge in [-0.2, -0.15) is 0 Å². The van der Waals surface area contributed by atoms with Crippen LogP contribution in [0.25, 0.3) is 0 Å². The van der Waals surface area contributed by atoms with Gasteiger partial charge >= 0.3 is 6.09 Å². The molecule has 1 aliphatic heterocycles. The first-order valence-corrected chi connectivity index (χ1v) is 6.95. The first-order valence-electron chi connectivity index (χ1n) is 6.95. The molecule has 0 aromatic carbocycles. The Morgan fingerprint density at radius 2 is 2.05 bits per heavy atom. The number of amides is 2. The largest absolute Gasteiger partial charge is 0.474 e. The van der Waals surface area contributed by atoms with Crippen LogP contribution in [0.4, 0.5) is 4.79 Å². The molecule has 0 radical (unpaired) electrons. The highest BCUT2D eigenvalue weighted by Gasteiger charge is 2.24. The summed E-state index contributed by atoms with van der Waals surface area (Å²) in [5.41, 5.74) is 0.227. The van der Waals surface area contributed by atoms with Gasteiger partial charge in [-0.05, 0) is 6.07 Å². The molecule has 0 bridgehead atoms. The van der Waals surface area contributed by atoms with Crippen molar-refractivity contribution in [1.82, 2.24) is 14.9 Å². The van der Waals surface area contributed by atoms with E-state index in [1.165, 1.54) is 19.1 Å². The maximum absolute atomic E-state index is 11.9. The van der Waals surface area contributed by atoms with Crippen molar-refractivity contribution in [1.29, 1.82) is 0 Å². The molecule has 1 aromatic heterocycles. The highest BCUT2D eigenvalue weighted by atomic mass is 16.7. The van der Waals surface area contributed by atoms with E-state index in [4.69, 9.17) is 14.7 Å². The minimum absolute atomic E-state index is 0.103. The monoisotopic (exact) mass is 309 g/mol. The van der Waals surface area contributed by atoms with Crippen molar-refractivity contribution < 1.29 is 24.3 Å². The first-order chi connectivity index (χ1) is 10.5. The number of nitrogens with zero attached hydrogens (tertiary/aromatic N) is 3. The number of likely N-dealkylation sites (tertiary alicyclic amines) is 1. The van der Waals surface area contributed by atoms with E-state index >= 15 is 0 Å². The molecule has 1 N–H and O–H groups in total. The number of carbonyl (C=O) groups excluding carboxylic acids is 1. The van der Waals surface area contributed by atoms with Gasteiger partial charge in [0.2, 0.25) is 5.88 Å². The Morgan fingerprint density at radius 3 is 2.64 bits per heavy atom. The van der Waals surface area contributed by atoms with Crippen molar-refractivity contribution in [3.05, 3.63) is 23.9 Å². The van der Waals surface area contributed by atoms with Crippen LogP contribution in [0.5, 0.6) is 5.88 Å². The maximum Gasteiger partial charge on any atom is 0.407 e. The third-order valence-corrected chi connectivity index (χ3v) is 3.50. The van der Waals surface area contributed by atoms with E-state index in [-0.39, 0.29) is 17.7 Å². The van der Waals surface area contributed by atoms with Crippen molar-refractivity contribution in [2.24, 2.45) is 0 Å². The molecule has 0 unspecified atom stereocenters. The summed E-state index contributed by atoms with van der Waals surface area (Å²) < 4.78 is 5.75. The lowest BCUT2D eigenvalue weighted by molar-refractivity contribution is -0.0761. The number of hydroxylamine groups is 2. The summed E-state index contributed by atoms with van der Waals surface area (Å²) in [7, 11) is 2.90. The van der Waals surface area contributed by atoms with Gasteiger partial charge in [0.25, 0.3) is 5.91 Å². The second kappa shape index (κ2) is 7.08. The summed E-state index contributed by atoms with van der Waals surface area (Å²) in [6.45, 7) is 0.871. The number of aromatic nitrogens is 1. The summed E-state index contributed by atoms with van der Waals surface area (Å²) >= 11 is 0. The van der Waals surface area contributed by atoms with Crippen molar-refractivity contribution in [2.75, 3.05) is 27.2 Å². The molecule has 8 nitrogen and oxygen atoms in total. The van der Waals surface area contributed by atoms with Crippen LogP contribution in [0, 0.1) is 0 Å². The number of carboxylic acid groups (broad SMARTS) is 1. The number of ether oxygens (including phenoxy) is 1. The van der Waals surface area contributed by atoms with Gasteiger partial charge in [-0.15, -0.1) is 0 Å². The smallest absolute Gasteiger partial charge is 0.407 e. The lowest BCUT2D eigenvalue weighted by Crippen LogP contribution is -2.41. The van der Waals surface area contributed by atoms with E-state index < -0.39 is 6.09 Å². The van der Waals surface area contributed by atoms with Crippen LogP contribution in [0.15, 0.2) is 18.2 Å². The molecule has 1 aliphatic rings. The lowest BCUT2D eigenvalue weighted by Gasteiger charge is -2.29. The molecular weight excluding hydrogens is 290 g/mol. The van der Waals surface area contributed by atoms with Crippen molar-refractivity contribution in [2.45, 2.75) is 18.9 Å². The Balaban J connectivity index is 1.97. The van der Waals surface area contributed by atoms with Gasteiger partial charge in [0.1, 0.15) is 11.8 Å². The zero-order valence-corrected chi connectivity index (χ0v) is 12.6. The van der Waals surface area contributed by atoms with E-state index in [0.29, 0.717) is 31.8 Å².